The standard InChI is InChI=1S/C24H30N4O3S2/c29-23(26-14-6-13-25-20-9-2-1-3-10-20)16-21-17-32-24(27-21)28-33(30,31)22-12-11-18-7-4-5-8-19(18)15-22/h4-5,7-8,11-12,15,17,20,25H,1-3,6,9-10,13-14,16H2,(H,26,29)(H,27,28). The van der Waals surface area contributed by atoms with Gasteiger partial charge in [0.1, 0.15) is 0 Å². The van der Waals surface area contributed by atoms with Crippen molar-refractivity contribution in [2.75, 3.05) is 17.8 Å². The second-order valence-electron chi connectivity index (χ2n) is 8.43. The van der Waals surface area contributed by atoms with E-state index in [1.165, 1.54) is 43.4 Å². The van der Waals surface area contributed by atoms with Gasteiger partial charge in [0.2, 0.25) is 5.91 Å². The van der Waals surface area contributed by atoms with Crippen LogP contribution in [0, 0.1) is 0 Å². The highest BCUT2D eigenvalue weighted by Crippen LogP contribution is 2.23. The van der Waals surface area contributed by atoms with Crippen LogP contribution in [0.2, 0.25) is 0 Å². The number of sulfonamides is 1. The van der Waals surface area contributed by atoms with Crippen molar-refractivity contribution in [3.8, 4) is 0 Å². The van der Waals surface area contributed by atoms with Gasteiger partial charge in [-0.1, -0.05) is 49.6 Å². The molecule has 9 heteroatoms. The third kappa shape index (κ3) is 6.75. The maximum atomic E-state index is 12.8. The molecule has 0 unspecified atom stereocenters. The van der Waals surface area contributed by atoms with Gasteiger partial charge in [0, 0.05) is 18.0 Å². The first kappa shape index (κ1) is 23.7. The fourth-order valence-electron chi connectivity index (χ4n) is 4.10. The molecule has 1 saturated carbocycles. The summed E-state index contributed by atoms with van der Waals surface area (Å²) >= 11 is 1.17. The minimum atomic E-state index is -3.76. The molecule has 176 valence electrons. The molecule has 3 N–H and O–H groups in total. The Kier molecular flexibility index (Phi) is 7.95. The van der Waals surface area contributed by atoms with E-state index in [2.05, 4.69) is 20.3 Å². The fourth-order valence-corrected chi connectivity index (χ4v) is 6.10. The lowest BCUT2D eigenvalue weighted by Crippen LogP contribution is -2.34. The Morgan fingerprint density at radius 1 is 1.03 bits per heavy atom. The van der Waals surface area contributed by atoms with Crippen LogP contribution in [0.4, 0.5) is 5.13 Å². The van der Waals surface area contributed by atoms with Gasteiger partial charge < -0.3 is 10.6 Å². The molecule has 1 aromatic heterocycles. The molecule has 0 aliphatic heterocycles. The molecule has 1 fully saturated rings. The van der Waals surface area contributed by atoms with Crippen molar-refractivity contribution in [2.45, 2.75) is 55.9 Å². The number of amides is 1. The minimum absolute atomic E-state index is 0.109. The summed E-state index contributed by atoms with van der Waals surface area (Å²) in [5.74, 6) is -0.109. The number of rotatable bonds is 10. The molecule has 33 heavy (non-hydrogen) atoms. The van der Waals surface area contributed by atoms with E-state index in [-0.39, 0.29) is 22.4 Å². The van der Waals surface area contributed by atoms with Crippen molar-refractivity contribution in [2.24, 2.45) is 0 Å². The first-order chi connectivity index (χ1) is 16.0. The van der Waals surface area contributed by atoms with E-state index in [0.29, 0.717) is 18.3 Å². The van der Waals surface area contributed by atoms with Crippen molar-refractivity contribution in [1.29, 1.82) is 0 Å². The van der Waals surface area contributed by atoms with E-state index in [4.69, 9.17) is 0 Å². The van der Waals surface area contributed by atoms with E-state index in [9.17, 15) is 13.2 Å². The second-order valence-corrected chi connectivity index (χ2v) is 11.0. The van der Waals surface area contributed by atoms with Gasteiger partial charge >= 0.3 is 0 Å². The lowest BCUT2D eigenvalue weighted by atomic mass is 9.95. The summed E-state index contributed by atoms with van der Waals surface area (Å²) in [5, 5.41) is 10.3. The maximum absolute atomic E-state index is 12.8. The Hall–Kier alpha value is -2.49. The van der Waals surface area contributed by atoms with Crippen LogP contribution in [-0.2, 0) is 21.2 Å². The van der Waals surface area contributed by atoms with E-state index in [1.807, 2.05) is 24.3 Å². The monoisotopic (exact) mass is 486 g/mol. The average Bonchev–Trinajstić information content (AvgIpc) is 3.25. The molecule has 1 amide bonds. The van der Waals surface area contributed by atoms with Crippen LogP contribution in [0.5, 0.6) is 0 Å². The van der Waals surface area contributed by atoms with Crippen LogP contribution in [0.25, 0.3) is 10.8 Å². The largest absolute Gasteiger partial charge is 0.356 e. The second kappa shape index (κ2) is 11.1. The highest BCUT2D eigenvalue weighted by atomic mass is 32.2. The molecule has 0 bridgehead atoms. The van der Waals surface area contributed by atoms with Gasteiger partial charge in [-0.2, -0.15) is 0 Å². The number of hydrogen-bond donors (Lipinski definition) is 3. The Labute approximate surface area is 199 Å². The van der Waals surface area contributed by atoms with Gasteiger partial charge in [-0.3, -0.25) is 9.52 Å². The van der Waals surface area contributed by atoms with Gasteiger partial charge in [-0.25, -0.2) is 13.4 Å². The molecule has 3 aromatic rings. The molecule has 4 rings (SSSR count). The normalized spacial score (nSPS) is 14.9. The van der Waals surface area contributed by atoms with Crippen LogP contribution in [0.1, 0.15) is 44.2 Å². The topological polar surface area (TPSA) is 100 Å². The number of nitrogens with zero attached hydrogens (tertiary/aromatic N) is 1. The Bertz CT molecular complexity index is 1190. The van der Waals surface area contributed by atoms with Crippen LogP contribution in [0.15, 0.2) is 52.7 Å². The number of thiazole rings is 1. The summed E-state index contributed by atoms with van der Waals surface area (Å²) in [5.41, 5.74) is 0.550. The molecule has 1 aliphatic rings. The van der Waals surface area contributed by atoms with Gasteiger partial charge in [0.25, 0.3) is 10.0 Å². The molecular weight excluding hydrogens is 456 g/mol. The molecule has 1 aliphatic carbocycles. The van der Waals surface area contributed by atoms with E-state index in [0.717, 1.165) is 23.7 Å². The molecule has 2 aromatic carbocycles. The fraction of sp³-hybridized carbons (Fsp3) is 0.417. The van der Waals surface area contributed by atoms with Crippen molar-refractivity contribution in [3.63, 3.8) is 0 Å². The molecule has 0 spiro atoms. The number of benzene rings is 2. The molecule has 0 radical (unpaired) electrons. The number of fused-ring (bicyclic) bond motifs is 1. The summed E-state index contributed by atoms with van der Waals surface area (Å²) < 4.78 is 28.1. The van der Waals surface area contributed by atoms with Gasteiger partial charge in [0.05, 0.1) is 17.0 Å². The highest BCUT2D eigenvalue weighted by Gasteiger charge is 2.17. The summed E-state index contributed by atoms with van der Waals surface area (Å²) in [4.78, 5) is 16.7. The zero-order chi connectivity index (χ0) is 23.1. The quantitative estimate of drug-likeness (QED) is 0.375. The Balaban J connectivity index is 1.23. The van der Waals surface area contributed by atoms with Crippen LogP contribution in [-0.4, -0.2) is 38.4 Å². The maximum Gasteiger partial charge on any atom is 0.263 e. The lowest BCUT2D eigenvalue weighted by Gasteiger charge is -2.22. The van der Waals surface area contributed by atoms with Crippen molar-refractivity contribution in [3.05, 3.63) is 53.5 Å². The molecule has 0 saturated heterocycles. The summed E-state index contributed by atoms with van der Waals surface area (Å²) in [6, 6.07) is 13.2. The number of anilines is 1. The molecular formula is C24H30N4O3S2. The van der Waals surface area contributed by atoms with Gasteiger partial charge in [-0.15, -0.1) is 11.3 Å². The van der Waals surface area contributed by atoms with E-state index < -0.39 is 10.0 Å². The summed E-state index contributed by atoms with van der Waals surface area (Å²) in [6.45, 7) is 1.52. The molecule has 0 atom stereocenters. The number of aromatic nitrogens is 1. The van der Waals surface area contributed by atoms with E-state index in [1.54, 1.807) is 23.6 Å². The van der Waals surface area contributed by atoms with Crippen LogP contribution < -0.4 is 15.4 Å². The number of carbonyl (C=O) groups excluding carboxylic acids is 1. The van der Waals surface area contributed by atoms with Crippen LogP contribution >= 0.6 is 11.3 Å². The smallest absolute Gasteiger partial charge is 0.263 e. The first-order valence-corrected chi connectivity index (χ1v) is 13.8. The van der Waals surface area contributed by atoms with Gasteiger partial charge in [0.15, 0.2) is 5.13 Å². The zero-order valence-electron chi connectivity index (χ0n) is 18.5. The number of nitrogens with one attached hydrogen (secondary N) is 3. The zero-order valence-corrected chi connectivity index (χ0v) is 20.2. The summed E-state index contributed by atoms with van der Waals surface area (Å²) in [6.07, 6.45) is 7.48. The van der Waals surface area contributed by atoms with Gasteiger partial charge in [-0.05, 0) is 48.7 Å². The third-order valence-corrected chi connectivity index (χ3v) is 8.13. The average molecular weight is 487 g/mol. The summed E-state index contributed by atoms with van der Waals surface area (Å²) in [7, 11) is -3.76. The van der Waals surface area contributed by atoms with Crippen LogP contribution in [0.3, 0.4) is 0 Å². The minimum Gasteiger partial charge on any atom is -0.356 e. The number of hydrogen-bond acceptors (Lipinski definition) is 6. The Morgan fingerprint density at radius 2 is 1.82 bits per heavy atom. The molecule has 7 nitrogen and oxygen atoms in total. The van der Waals surface area contributed by atoms with Crippen molar-refractivity contribution < 1.29 is 13.2 Å². The first-order valence-electron chi connectivity index (χ1n) is 11.5. The van der Waals surface area contributed by atoms with E-state index >= 15 is 0 Å². The predicted octanol–water partition coefficient (Wildman–Crippen LogP) is 4.07. The van der Waals surface area contributed by atoms with Crippen molar-refractivity contribution in [1.82, 2.24) is 15.6 Å². The Morgan fingerprint density at radius 3 is 2.64 bits per heavy atom. The lowest BCUT2D eigenvalue weighted by molar-refractivity contribution is -0.120. The highest BCUT2D eigenvalue weighted by molar-refractivity contribution is 7.93. The third-order valence-electron chi connectivity index (χ3n) is 5.86. The number of carbonyl (C=O) groups is 1. The van der Waals surface area contributed by atoms with Crippen molar-refractivity contribution >= 4 is 43.2 Å². The SMILES string of the molecule is O=C(Cc1csc(NS(=O)(=O)c2ccc3ccccc3c2)n1)NCCCNC1CCCCC1. The molecule has 1 heterocycles. The predicted molar refractivity (Wildman–Crippen MR) is 133 cm³/mol.